The van der Waals surface area contributed by atoms with Crippen LogP contribution in [0, 0.1) is 0 Å². The van der Waals surface area contributed by atoms with Crippen molar-refractivity contribution in [2.24, 2.45) is 7.05 Å². The molecule has 0 aliphatic heterocycles. The summed E-state index contributed by atoms with van der Waals surface area (Å²) >= 11 is 0. The van der Waals surface area contributed by atoms with Crippen LogP contribution < -0.4 is 5.32 Å². The lowest BCUT2D eigenvalue weighted by Crippen LogP contribution is -2.37. The van der Waals surface area contributed by atoms with E-state index in [0.29, 0.717) is 24.2 Å². The van der Waals surface area contributed by atoms with Crippen molar-refractivity contribution in [2.75, 3.05) is 0 Å². The van der Waals surface area contributed by atoms with Gasteiger partial charge in [-0.3, -0.25) is 4.79 Å². The Kier molecular flexibility index (Phi) is 5.55. The molecule has 2 aromatic rings. The van der Waals surface area contributed by atoms with E-state index in [4.69, 9.17) is 4.52 Å². The van der Waals surface area contributed by atoms with Gasteiger partial charge in [-0.15, -0.1) is 10.2 Å². The van der Waals surface area contributed by atoms with Gasteiger partial charge in [-0.05, 0) is 19.3 Å². The second-order valence-electron chi connectivity index (χ2n) is 6.40. The fraction of sp³-hybridized carbons (Fsp3) is 0.688. The fourth-order valence-electron chi connectivity index (χ4n) is 3.06. The molecule has 0 aromatic carbocycles. The van der Waals surface area contributed by atoms with E-state index in [1.165, 1.54) is 19.3 Å². The number of rotatable bonds is 7. The van der Waals surface area contributed by atoms with Crippen LogP contribution in [-0.2, 0) is 31.1 Å². The molecule has 1 aliphatic rings. The molecule has 8 nitrogen and oxygen atoms in total. The number of hydrogen-bond acceptors (Lipinski definition) is 6. The van der Waals surface area contributed by atoms with Gasteiger partial charge in [0.1, 0.15) is 12.2 Å². The molecule has 1 amide bonds. The van der Waals surface area contributed by atoms with E-state index in [1.54, 1.807) is 6.33 Å². The zero-order valence-electron chi connectivity index (χ0n) is 14.1. The SMILES string of the molecule is Cn1cnnc1CCCc1nc(CC(=O)NC2CCCCC2)no1. The second kappa shape index (κ2) is 8.03. The van der Waals surface area contributed by atoms with Gasteiger partial charge in [0.15, 0.2) is 5.82 Å². The maximum atomic E-state index is 12.0. The molecule has 130 valence electrons. The van der Waals surface area contributed by atoms with Crippen molar-refractivity contribution >= 4 is 5.91 Å². The molecule has 2 aromatic heterocycles. The van der Waals surface area contributed by atoms with E-state index in [9.17, 15) is 4.79 Å². The lowest BCUT2D eigenvalue weighted by Gasteiger charge is -2.22. The van der Waals surface area contributed by atoms with Gasteiger partial charge in [-0.25, -0.2) is 0 Å². The number of aryl methyl sites for hydroxylation is 3. The lowest BCUT2D eigenvalue weighted by molar-refractivity contribution is -0.121. The zero-order valence-corrected chi connectivity index (χ0v) is 14.1. The van der Waals surface area contributed by atoms with Gasteiger partial charge >= 0.3 is 0 Å². The number of hydrogen-bond donors (Lipinski definition) is 1. The lowest BCUT2D eigenvalue weighted by atomic mass is 9.95. The molecule has 24 heavy (non-hydrogen) atoms. The minimum absolute atomic E-state index is 0.0201. The minimum Gasteiger partial charge on any atom is -0.353 e. The molecular weight excluding hydrogens is 308 g/mol. The quantitative estimate of drug-likeness (QED) is 0.822. The average molecular weight is 332 g/mol. The Morgan fingerprint density at radius 3 is 2.92 bits per heavy atom. The topological polar surface area (TPSA) is 98.7 Å². The highest BCUT2D eigenvalue weighted by Gasteiger charge is 2.17. The van der Waals surface area contributed by atoms with Crippen molar-refractivity contribution in [1.29, 1.82) is 0 Å². The van der Waals surface area contributed by atoms with E-state index in [2.05, 4.69) is 25.7 Å². The summed E-state index contributed by atoms with van der Waals surface area (Å²) in [4.78, 5) is 16.3. The Labute approximate surface area is 141 Å². The van der Waals surface area contributed by atoms with Gasteiger partial charge in [0, 0.05) is 25.9 Å². The molecule has 0 radical (unpaired) electrons. The monoisotopic (exact) mass is 332 g/mol. The molecule has 1 saturated carbocycles. The number of nitrogens with zero attached hydrogens (tertiary/aromatic N) is 5. The van der Waals surface area contributed by atoms with Crippen LogP contribution >= 0.6 is 0 Å². The smallest absolute Gasteiger partial charge is 0.228 e. The van der Waals surface area contributed by atoms with E-state index in [-0.39, 0.29) is 12.3 Å². The summed E-state index contributed by atoms with van der Waals surface area (Å²) in [5, 5.41) is 14.9. The van der Waals surface area contributed by atoms with Crippen LogP contribution in [0.4, 0.5) is 0 Å². The van der Waals surface area contributed by atoms with Crippen molar-refractivity contribution in [3.63, 3.8) is 0 Å². The molecule has 1 fully saturated rings. The summed E-state index contributed by atoms with van der Waals surface area (Å²) in [5.41, 5.74) is 0. The van der Waals surface area contributed by atoms with Gasteiger partial charge in [0.25, 0.3) is 0 Å². The molecule has 1 aliphatic carbocycles. The number of nitrogens with one attached hydrogen (secondary N) is 1. The summed E-state index contributed by atoms with van der Waals surface area (Å²) < 4.78 is 7.12. The van der Waals surface area contributed by atoms with Gasteiger partial charge in [0.2, 0.25) is 11.8 Å². The molecule has 8 heteroatoms. The van der Waals surface area contributed by atoms with E-state index in [1.807, 2.05) is 11.6 Å². The van der Waals surface area contributed by atoms with Gasteiger partial charge in [0.05, 0.1) is 6.42 Å². The first kappa shape index (κ1) is 16.6. The molecule has 2 heterocycles. The molecular formula is C16H24N6O2. The minimum atomic E-state index is -0.0201. The summed E-state index contributed by atoms with van der Waals surface area (Å²) in [6.07, 6.45) is 10.0. The van der Waals surface area contributed by atoms with Crippen molar-refractivity contribution in [1.82, 2.24) is 30.2 Å². The zero-order chi connectivity index (χ0) is 16.8. The molecule has 1 N–H and O–H groups in total. The Hall–Kier alpha value is -2.25. The first-order valence-corrected chi connectivity index (χ1v) is 8.64. The Morgan fingerprint density at radius 2 is 2.17 bits per heavy atom. The number of carbonyl (C=O) groups excluding carboxylic acids is 1. The molecule has 0 saturated heterocycles. The predicted octanol–water partition coefficient (Wildman–Crippen LogP) is 1.36. The third-order valence-corrected chi connectivity index (χ3v) is 4.40. The molecule has 0 bridgehead atoms. The van der Waals surface area contributed by atoms with Crippen LogP contribution in [-0.4, -0.2) is 36.9 Å². The molecule has 3 rings (SSSR count). The maximum absolute atomic E-state index is 12.0. The summed E-state index contributed by atoms with van der Waals surface area (Å²) in [6.45, 7) is 0. The molecule has 0 atom stereocenters. The van der Waals surface area contributed by atoms with Crippen LogP contribution in [0.1, 0.15) is 56.1 Å². The highest BCUT2D eigenvalue weighted by atomic mass is 16.5. The largest absolute Gasteiger partial charge is 0.353 e. The van der Waals surface area contributed by atoms with Gasteiger partial charge < -0.3 is 14.4 Å². The third kappa shape index (κ3) is 4.62. The standard InChI is InChI=1S/C16H24N6O2/c1-22-11-17-20-14(22)8-5-9-16-19-13(21-24-16)10-15(23)18-12-6-3-2-4-7-12/h11-12H,2-10H2,1H3,(H,18,23). The average Bonchev–Trinajstić information content (AvgIpc) is 3.18. The van der Waals surface area contributed by atoms with Crippen LogP contribution in [0.3, 0.4) is 0 Å². The van der Waals surface area contributed by atoms with Gasteiger partial charge in [-0.1, -0.05) is 24.4 Å². The van der Waals surface area contributed by atoms with E-state index >= 15 is 0 Å². The van der Waals surface area contributed by atoms with Crippen LogP contribution in [0.25, 0.3) is 0 Å². The second-order valence-corrected chi connectivity index (χ2v) is 6.40. The Balaban J connectivity index is 1.41. The third-order valence-electron chi connectivity index (χ3n) is 4.40. The molecule has 0 unspecified atom stereocenters. The summed E-state index contributed by atoms with van der Waals surface area (Å²) in [5.74, 6) is 1.93. The van der Waals surface area contributed by atoms with Gasteiger partial charge in [-0.2, -0.15) is 4.98 Å². The predicted molar refractivity (Wildman–Crippen MR) is 86.0 cm³/mol. The van der Waals surface area contributed by atoms with Crippen molar-refractivity contribution in [3.05, 3.63) is 23.9 Å². The highest BCUT2D eigenvalue weighted by molar-refractivity contribution is 5.78. The first-order chi connectivity index (χ1) is 11.7. The van der Waals surface area contributed by atoms with Crippen LogP contribution in [0.15, 0.2) is 10.9 Å². The Bertz CT molecular complexity index is 659. The van der Waals surface area contributed by atoms with Crippen molar-refractivity contribution < 1.29 is 9.32 Å². The first-order valence-electron chi connectivity index (χ1n) is 8.64. The van der Waals surface area contributed by atoms with Crippen LogP contribution in [0.5, 0.6) is 0 Å². The van der Waals surface area contributed by atoms with E-state index < -0.39 is 0 Å². The number of carbonyl (C=O) groups is 1. The van der Waals surface area contributed by atoms with Crippen molar-refractivity contribution in [3.8, 4) is 0 Å². The van der Waals surface area contributed by atoms with Crippen molar-refractivity contribution in [2.45, 2.75) is 63.8 Å². The molecule has 0 spiro atoms. The summed E-state index contributed by atoms with van der Waals surface area (Å²) in [7, 11) is 1.92. The normalized spacial score (nSPS) is 15.5. The Morgan fingerprint density at radius 1 is 1.33 bits per heavy atom. The maximum Gasteiger partial charge on any atom is 0.228 e. The number of aromatic nitrogens is 5. The number of amides is 1. The summed E-state index contributed by atoms with van der Waals surface area (Å²) in [6, 6.07) is 0.309. The van der Waals surface area contributed by atoms with Crippen LogP contribution in [0.2, 0.25) is 0 Å². The fourth-order valence-corrected chi connectivity index (χ4v) is 3.06. The van der Waals surface area contributed by atoms with E-state index in [0.717, 1.165) is 31.5 Å². The highest BCUT2D eigenvalue weighted by Crippen LogP contribution is 2.17.